The third kappa shape index (κ3) is 4.75. The molecule has 0 aromatic heterocycles. The number of halogens is 1. The third-order valence-electron chi connectivity index (χ3n) is 5.64. The predicted octanol–water partition coefficient (Wildman–Crippen LogP) is 2.46. The molecule has 146 valence electrons. The van der Waals surface area contributed by atoms with Crippen LogP contribution in [-0.4, -0.2) is 57.9 Å². The van der Waals surface area contributed by atoms with Crippen LogP contribution >= 0.6 is 0 Å². The summed E-state index contributed by atoms with van der Waals surface area (Å²) in [6, 6.07) is 5.09. The van der Waals surface area contributed by atoms with Gasteiger partial charge >= 0.3 is 0 Å². The summed E-state index contributed by atoms with van der Waals surface area (Å²) in [5, 5.41) is 3.43. The van der Waals surface area contributed by atoms with E-state index in [2.05, 4.69) is 17.1 Å². The molecule has 1 aliphatic carbocycles. The van der Waals surface area contributed by atoms with Crippen LogP contribution in [0.25, 0.3) is 0 Å². The van der Waals surface area contributed by atoms with Crippen LogP contribution in [0.3, 0.4) is 0 Å². The Morgan fingerprint density at radius 1 is 1.27 bits per heavy atom. The van der Waals surface area contributed by atoms with Gasteiger partial charge in [0.15, 0.2) is 21.4 Å². The van der Waals surface area contributed by atoms with E-state index in [4.69, 9.17) is 4.74 Å². The van der Waals surface area contributed by atoms with Crippen LogP contribution < -0.4 is 10.1 Å². The van der Waals surface area contributed by atoms with E-state index in [0.29, 0.717) is 24.6 Å². The maximum atomic E-state index is 14.1. The highest BCUT2D eigenvalue weighted by Crippen LogP contribution is 2.30. The Morgan fingerprint density at radius 2 is 2.00 bits per heavy atom. The molecule has 1 aromatic carbocycles. The molecule has 1 N–H and O–H groups in total. The Hall–Kier alpha value is -1.18. The van der Waals surface area contributed by atoms with Gasteiger partial charge in [-0.1, -0.05) is 0 Å². The Bertz CT molecular complexity index is 717. The maximum absolute atomic E-state index is 14.1. The molecule has 2 aliphatic rings. The van der Waals surface area contributed by atoms with Crippen molar-refractivity contribution >= 4 is 9.84 Å². The van der Waals surface area contributed by atoms with Crippen LogP contribution in [0.4, 0.5) is 4.39 Å². The second-order valence-electron chi connectivity index (χ2n) is 7.64. The molecular formula is C19H29FN2O3S. The summed E-state index contributed by atoms with van der Waals surface area (Å²) in [5.74, 6) is -0.0510. The average molecular weight is 385 g/mol. The van der Waals surface area contributed by atoms with E-state index in [1.54, 1.807) is 0 Å². The predicted molar refractivity (Wildman–Crippen MR) is 99.8 cm³/mol. The van der Waals surface area contributed by atoms with Crippen molar-refractivity contribution in [1.82, 2.24) is 10.2 Å². The Morgan fingerprint density at radius 3 is 2.62 bits per heavy atom. The van der Waals surface area contributed by atoms with Gasteiger partial charge in [0.2, 0.25) is 0 Å². The highest BCUT2D eigenvalue weighted by molar-refractivity contribution is 7.90. The van der Waals surface area contributed by atoms with Gasteiger partial charge in [-0.15, -0.1) is 0 Å². The SMILES string of the molecule is C[C@@H]1CNCCN1C1CCC(COc2ccc(S(C)(=O)=O)cc2F)CC1. The summed E-state index contributed by atoms with van der Waals surface area (Å²) < 4.78 is 42.7. The van der Waals surface area contributed by atoms with Crippen LogP contribution in [0.1, 0.15) is 32.6 Å². The first kappa shape index (κ1) is 19.6. The highest BCUT2D eigenvalue weighted by atomic mass is 32.2. The molecule has 1 aliphatic heterocycles. The number of benzene rings is 1. The first-order valence-corrected chi connectivity index (χ1v) is 11.3. The Labute approximate surface area is 155 Å². The summed E-state index contributed by atoms with van der Waals surface area (Å²) in [5.41, 5.74) is 0. The van der Waals surface area contributed by atoms with Gasteiger partial charge in [0.25, 0.3) is 0 Å². The first-order chi connectivity index (χ1) is 12.3. The average Bonchev–Trinajstić information content (AvgIpc) is 2.61. The summed E-state index contributed by atoms with van der Waals surface area (Å²) in [4.78, 5) is 2.60. The summed E-state index contributed by atoms with van der Waals surface area (Å²) in [7, 11) is -3.40. The minimum Gasteiger partial charge on any atom is -0.490 e. The minimum atomic E-state index is -3.40. The molecule has 2 fully saturated rings. The van der Waals surface area contributed by atoms with E-state index in [9.17, 15) is 12.8 Å². The van der Waals surface area contributed by atoms with E-state index < -0.39 is 15.7 Å². The van der Waals surface area contributed by atoms with E-state index in [-0.39, 0.29) is 10.6 Å². The van der Waals surface area contributed by atoms with E-state index >= 15 is 0 Å². The van der Waals surface area contributed by atoms with Gasteiger partial charge in [0.1, 0.15) is 0 Å². The molecule has 5 nitrogen and oxygen atoms in total. The van der Waals surface area contributed by atoms with Gasteiger partial charge in [-0.2, -0.15) is 0 Å². The van der Waals surface area contributed by atoms with Gasteiger partial charge in [-0.25, -0.2) is 12.8 Å². The monoisotopic (exact) mass is 384 g/mol. The van der Waals surface area contributed by atoms with Crippen molar-refractivity contribution < 1.29 is 17.5 Å². The van der Waals surface area contributed by atoms with Crippen molar-refractivity contribution in [1.29, 1.82) is 0 Å². The summed E-state index contributed by atoms with van der Waals surface area (Å²) >= 11 is 0. The van der Waals surface area contributed by atoms with Crippen molar-refractivity contribution in [3.63, 3.8) is 0 Å². The van der Waals surface area contributed by atoms with Crippen LogP contribution in [0.2, 0.25) is 0 Å². The van der Waals surface area contributed by atoms with Crippen LogP contribution in [0.15, 0.2) is 23.1 Å². The second kappa shape index (κ2) is 8.23. The molecule has 7 heteroatoms. The van der Waals surface area contributed by atoms with E-state index in [1.807, 2.05) is 0 Å². The summed E-state index contributed by atoms with van der Waals surface area (Å²) in [6.45, 7) is 6.01. The van der Waals surface area contributed by atoms with Gasteiger partial charge < -0.3 is 10.1 Å². The smallest absolute Gasteiger partial charge is 0.175 e. The van der Waals surface area contributed by atoms with Crippen LogP contribution in [0, 0.1) is 11.7 Å². The van der Waals surface area contributed by atoms with Crippen molar-refractivity contribution in [2.24, 2.45) is 5.92 Å². The number of ether oxygens (including phenoxy) is 1. The quantitative estimate of drug-likeness (QED) is 0.845. The number of piperazine rings is 1. The van der Waals surface area contributed by atoms with Crippen molar-refractivity contribution in [3.05, 3.63) is 24.0 Å². The molecule has 1 saturated carbocycles. The molecule has 0 radical (unpaired) electrons. The minimum absolute atomic E-state index is 0.0204. The lowest BCUT2D eigenvalue weighted by molar-refractivity contribution is 0.0705. The molecule has 1 aromatic rings. The normalized spacial score (nSPS) is 28.0. The van der Waals surface area contributed by atoms with E-state index in [0.717, 1.165) is 57.6 Å². The number of hydrogen-bond donors (Lipinski definition) is 1. The lowest BCUT2D eigenvalue weighted by Gasteiger charge is -2.43. The zero-order valence-electron chi connectivity index (χ0n) is 15.6. The van der Waals surface area contributed by atoms with Gasteiger partial charge in [-0.05, 0) is 56.7 Å². The standard InChI is InChI=1S/C19H29FN2O3S/c1-14-12-21-9-10-22(14)16-5-3-15(4-6-16)13-25-19-8-7-17(11-18(19)20)26(2,23)24/h7-8,11,14-16,21H,3-6,9-10,12-13H2,1-2H3/t14-,15?,16?/m1/s1. The molecule has 1 heterocycles. The number of sulfone groups is 1. The van der Waals surface area contributed by atoms with Crippen molar-refractivity contribution in [2.45, 2.75) is 49.6 Å². The Kier molecular flexibility index (Phi) is 6.20. The Balaban J connectivity index is 1.49. The number of rotatable bonds is 5. The number of nitrogens with one attached hydrogen (secondary N) is 1. The molecule has 0 bridgehead atoms. The zero-order chi connectivity index (χ0) is 18.7. The molecule has 1 atom stereocenters. The second-order valence-corrected chi connectivity index (χ2v) is 9.66. The molecule has 26 heavy (non-hydrogen) atoms. The lowest BCUT2D eigenvalue weighted by atomic mass is 9.85. The number of nitrogens with zero attached hydrogens (tertiary/aromatic N) is 1. The topological polar surface area (TPSA) is 58.6 Å². The van der Waals surface area contributed by atoms with Gasteiger partial charge in [-0.3, -0.25) is 4.90 Å². The molecule has 3 rings (SSSR count). The lowest BCUT2D eigenvalue weighted by Crippen LogP contribution is -2.54. The highest BCUT2D eigenvalue weighted by Gasteiger charge is 2.30. The fourth-order valence-corrected chi connectivity index (χ4v) is 4.71. The summed E-state index contributed by atoms with van der Waals surface area (Å²) in [6.07, 6.45) is 5.57. The van der Waals surface area contributed by atoms with Crippen molar-refractivity contribution in [3.8, 4) is 5.75 Å². The third-order valence-corrected chi connectivity index (χ3v) is 6.75. The van der Waals surface area contributed by atoms with Gasteiger partial charge in [0.05, 0.1) is 11.5 Å². The largest absolute Gasteiger partial charge is 0.490 e. The van der Waals surface area contributed by atoms with E-state index in [1.165, 1.54) is 12.1 Å². The molecule has 0 spiro atoms. The first-order valence-electron chi connectivity index (χ1n) is 9.43. The fourth-order valence-electron chi connectivity index (χ4n) is 4.08. The molecule has 1 saturated heterocycles. The maximum Gasteiger partial charge on any atom is 0.175 e. The van der Waals surface area contributed by atoms with Crippen LogP contribution in [-0.2, 0) is 9.84 Å². The zero-order valence-corrected chi connectivity index (χ0v) is 16.4. The molecule has 0 amide bonds. The fraction of sp³-hybridized carbons (Fsp3) is 0.684. The van der Waals surface area contributed by atoms with Crippen molar-refractivity contribution in [2.75, 3.05) is 32.5 Å². The molecular weight excluding hydrogens is 355 g/mol. The number of hydrogen-bond acceptors (Lipinski definition) is 5. The van der Waals surface area contributed by atoms with Crippen LogP contribution in [0.5, 0.6) is 5.75 Å². The van der Waals surface area contributed by atoms with Gasteiger partial charge in [0, 0.05) is 38.0 Å². The molecule has 0 unspecified atom stereocenters.